The molecule has 5 atom stereocenters. The summed E-state index contributed by atoms with van der Waals surface area (Å²) in [4.78, 5) is 33.3. The van der Waals surface area contributed by atoms with Gasteiger partial charge in [0.05, 0.1) is 59.7 Å². The largest absolute Gasteiger partial charge is 0.497 e. The van der Waals surface area contributed by atoms with Crippen LogP contribution in [-0.4, -0.2) is 62.9 Å². The number of methoxy groups -OCH3 is 2. The first-order valence-electron chi connectivity index (χ1n) is 17.6. The van der Waals surface area contributed by atoms with Gasteiger partial charge in [-0.1, -0.05) is 73.7 Å². The second-order valence-electron chi connectivity index (χ2n) is 14.6. The molecule has 266 valence electrons. The van der Waals surface area contributed by atoms with Crippen LogP contribution in [0.15, 0.2) is 91.0 Å². The van der Waals surface area contributed by atoms with Crippen LogP contribution >= 0.6 is 22.6 Å². The zero-order valence-corrected chi connectivity index (χ0v) is 32.9. The van der Waals surface area contributed by atoms with Gasteiger partial charge in [-0.05, 0) is 93.7 Å². The van der Waals surface area contributed by atoms with Crippen molar-refractivity contribution in [3.63, 3.8) is 0 Å². The Kier molecular flexibility index (Phi) is 9.81. The maximum Gasteiger partial charge on any atom is 0.264 e. The maximum absolute atomic E-state index is 15.2. The Bertz CT molecular complexity index is 1940. The molecule has 3 aliphatic heterocycles. The smallest absolute Gasteiger partial charge is 0.264 e. The summed E-state index contributed by atoms with van der Waals surface area (Å²) in [7, 11) is 0.812. The fourth-order valence-corrected chi connectivity index (χ4v) is 13.3. The summed E-state index contributed by atoms with van der Waals surface area (Å²) < 4.78 is 19.6. The van der Waals surface area contributed by atoms with Crippen molar-refractivity contribution in [1.82, 2.24) is 4.90 Å². The maximum atomic E-state index is 15.2. The number of amides is 2. The van der Waals surface area contributed by atoms with Gasteiger partial charge in [0.1, 0.15) is 11.5 Å². The lowest BCUT2D eigenvalue weighted by atomic mass is 9.82. The highest BCUT2D eigenvalue weighted by Gasteiger charge is 2.66. The van der Waals surface area contributed by atoms with E-state index in [0.29, 0.717) is 25.3 Å². The molecule has 0 unspecified atom stereocenters. The number of aliphatic hydroxyl groups excluding tert-OH is 1. The summed E-state index contributed by atoms with van der Waals surface area (Å²) in [6.45, 7) is 7.47. The number of fused-ring (bicyclic) bond motifs is 3. The number of carbonyl (C=O) groups is 2. The third-order valence-corrected chi connectivity index (χ3v) is 16.6. The normalized spacial score (nSPS) is 24.1. The predicted molar refractivity (Wildman–Crippen MR) is 209 cm³/mol. The summed E-state index contributed by atoms with van der Waals surface area (Å²) in [6, 6.07) is 30.0. The first-order valence-corrected chi connectivity index (χ1v) is 21.7. The van der Waals surface area contributed by atoms with E-state index in [1.54, 1.807) is 14.2 Å². The topological polar surface area (TPSA) is 88.5 Å². The molecule has 7 rings (SSSR count). The van der Waals surface area contributed by atoms with Crippen LogP contribution in [0.5, 0.6) is 11.5 Å². The molecule has 1 fully saturated rings. The number of anilines is 1. The molecule has 0 saturated carbocycles. The number of carbonyl (C=O) groups excluding carboxylic acids is 2. The van der Waals surface area contributed by atoms with E-state index in [1.165, 1.54) is 5.19 Å². The Morgan fingerprint density at radius 3 is 2.29 bits per heavy atom. The molecule has 0 bridgehead atoms. The van der Waals surface area contributed by atoms with E-state index in [4.69, 9.17) is 14.2 Å². The van der Waals surface area contributed by atoms with Crippen molar-refractivity contribution in [2.75, 3.05) is 25.7 Å². The number of halogens is 1. The molecule has 1 N–H and O–H groups in total. The number of hydrogen-bond acceptors (Lipinski definition) is 6. The second-order valence-corrected chi connectivity index (χ2v) is 20.5. The number of benzene rings is 4. The summed E-state index contributed by atoms with van der Waals surface area (Å²) in [6.07, 6.45) is 0.152. The standard InChI is InChI=1S/C41H45IN2O6Si/c1-26-39(51(4,5)34-17-14-32(48-2)15-18-34)37(22-38(46)43-24-29-9-7-6-8-28(29)20-31(43)25-45)50-41(26)35-21-33(49-3)16-19-36(35)44(40(41)47)23-27-10-12-30(42)13-11-27/h6-19,21,26,31,37,39,45H,20,22-25H2,1-5H3/t26-,31+,37+,39-,41+/m1/s1. The van der Waals surface area contributed by atoms with Crippen LogP contribution in [0, 0.1) is 9.49 Å². The average molecular weight is 817 g/mol. The zero-order valence-electron chi connectivity index (χ0n) is 29.8. The minimum Gasteiger partial charge on any atom is -0.497 e. The lowest BCUT2D eigenvalue weighted by Gasteiger charge is -2.39. The van der Waals surface area contributed by atoms with Gasteiger partial charge < -0.3 is 29.1 Å². The van der Waals surface area contributed by atoms with E-state index in [-0.39, 0.29) is 42.3 Å². The Hall–Kier alpha value is -3.71. The second kappa shape index (κ2) is 14.0. The fraction of sp³-hybridized carbons (Fsp3) is 0.366. The Labute approximate surface area is 314 Å². The first-order chi connectivity index (χ1) is 24.5. The van der Waals surface area contributed by atoms with Crippen LogP contribution in [0.25, 0.3) is 0 Å². The molecule has 2 amide bonds. The molecule has 0 aromatic heterocycles. The van der Waals surface area contributed by atoms with E-state index < -0.39 is 19.8 Å². The Morgan fingerprint density at radius 2 is 1.63 bits per heavy atom. The van der Waals surface area contributed by atoms with Crippen molar-refractivity contribution in [2.24, 2.45) is 5.92 Å². The van der Waals surface area contributed by atoms with E-state index in [2.05, 4.69) is 91.1 Å². The van der Waals surface area contributed by atoms with Crippen LogP contribution in [-0.2, 0) is 39.4 Å². The summed E-state index contributed by atoms with van der Waals surface area (Å²) in [5.41, 5.74) is 3.43. The molecule has 0 radical (unpaired) electrons. The van der Waals surface area contributed by atoms with Crippen molar-refractivity contribution < 1.29 is 28.9 Å². The zero-order chi connectivity index (χ0) is 36.1. The van der Waals surface area contributed by atoms with Gasteiger partial charge >= 0.3 is 0 Å². The average Bonchev–Trinajstić information content (AvgIpc) is 3.57. The van der Waals surface area contributed by atoms with Gasteiger partial charge in [-0.15, -0.1) is 0 Å². The van der Waals surface area contributed by atoms with E-state index >= 15 is 4.79 Å². The third-order valence-electron chi connectivity index (χ3n) is 11.6. The SMILES string of the molecule is COc1ccc([Si](C)(C)[C@H]2[C@H](CC(=O)N3Cc4ccccc4C[C@H]3CO)O[C@@]3(C(=O)N(Cc4ccc(I)cc4)c4ccc(OC)cc43)[C@@H]2C)cc1. The van der Waals surface area contributed by atoms with Crippen molar-refractivity contribution in [2.45, 2.75) is 69.2 Å². The Balaban J connectivity index is 1.31. The van der Waals surface area contributed by atoms with Gasteiger partial charge in [0, 0.05) is 21.6 Å². The van der Waals surface area contributed by atoms with Crippen LogP contribution in [0.2, 0.25) is 18.6 Å². The van der Waals surface area contributed by atoms with Crippen LogP contribution < -0.4 is 19.6 Å². The molecular formula is C41H45IN2O6Si. The van der Waals surface area contributed by atoms with Crippen LogP contribution in [0.4, 0.5) is 5.69 Å². The highest BCUT2D eigenvalue weighted by Crippen LogP contribution is 2.60. The monoisotopic (exact) mass is 816 g/mol. The molecule has 1 spiro atoms. The first kappa shape index (κ1) is 35.7. The van der Waals surface area contributed by atoms with E-state index in [9.17, 15) is 9.90 Å². The predicted octanol–water partition coefficient (Wildman–Crippen LogP) is 6.41. The van der Waals surface area contributed by atoms with E-state index in [1.807, 2.05) is 52.3 Å². The lowest BCUT2D eigenvalue weighted by molar-refractivity contribution is -0.151. The van der Waals surface area contributed by atoms with Crippen LogP contribution in [0.1, 0.15) is 35.6 Å². The molecule has 3 heterocycles. The number of nitrogens with zero attached hydrogens (tertiary/aromatic N) is 2. The summed E-state index contributed by atoms with van der Waals surface area (Å²) >= 11 is 2.29. The van der Waals surface area contributed by atoms with Crippen molar-refractivity contribution in [3.05, 3.63) is 117 Å². The fourth-order valence-electron chi connectivity index (χ4n) is 8.88. The van der Waals surface area contributed by atoms with Gasteiger partial charge in [0.15, 0.2) is 5.60 Å². The van der Waals surface area contributed by atoms with Gasteiger partial charge in [0.2, 0.25) is 5.91 Å². The molecule has 1 saturated heterocycles. The van der Waals surface area contributed by atoms with Crippen molar-refractivity contribution in [3.8, 4) is 11.5 Å². The van der Waals surface area contributed by atoms with Gasteiger partial charge in [-0.2, -0.15) is 0 Å². The molecule has 8 nitrogen and oxygen atoms in total. The lowest BCUT2D eigenvalue weighted by Crippen LogP contribution is -2.52. The van der Waals surface area contributed by atoms with Gasteiger partial charge in [-0.25, -0.2) is 0 Å². The summed E-state index contributed by atoms with van der Waals surface area (Å²) in [5.74, 6) is 0.968. The number of ether oxygens (including phenoxy) is 3. The third kappa shape index (κ3) is 6.17. The molecule has 4 aromatic rings. The number of rotatable bonds is 9. The highest BCUT2D eigenvalue weighted by molar-refractivity contribution is 14.1. The quantitative estimate of drug-likeness (QED) is 0.155. The molecule has 10 heteroatoms. The van der Waals surface area contributed by atoms with E-state index in [0.717, 1.165) is 37.3 Å². The molecule has 0 aliphatic carbocycles. The van der Waals surface area contributed by atoms with Gasteiger partial charge in [-0.3, -0.25) is 9.59 Å². The minimum atomic E-state index is -2.48. The number of aliphatic hydroxyl groups is 1. The minimum absolute atomic E-state index is 0.0746. The molecular weight excluding hydrogens is 771 g/mol. The Morgan fingerprint density at radius 1 is 0.961 bits per heavy atom. The summed E-state index contributed by atoms with van der Waals surface area (Å²) in [5, 5.41) is 11.6. The molecule has 4 aromatic carbocycles. The van der Waals surface area contributed by atoms with Gasteiger partial charge in [0.25, 0.3) is 5.91 Å². The van der Waals surface area contributed by atoms with Crippen LogP contribution in [0.3, 0.4) is 0 Å². The molecule has 51 heavy (non-hydrogen) atoms. The number of hydrogen-bond donors (Lipinski definition) is 1. The van der Waals surface area contributed by atoms with Crippen molar-refractivity contribution in [1.29, 1.82) is 0 Å². The molecule has 3 aliphatic rings. The van der Waals surface area contributed by atoms with Crippen molar-refractivity contribution >= 4 is 53.4 Å². The highest BCUT2D eigenvalue weighted by atomic mass is 127.